The van der Waals surface area contributed by atoms with E-state index >= 15 is 0 Å². The largest absolute Gasteiger partial charge is 0.298 e. The fourth-order valence-electron chi connectivity index (χ4n) is 2.02. The maximum absolute atomic E-state index is 11.8. The molecule has 1 heterocycles. The molecule has 0 saturated carbocycles. The second kappa shape index (κ2) is 4.23. The molecule has 0 radical (unpaired) electrons. The first kappa shape index (κ1) is 10.9. The van der Waals surface area contributed by atoms with Crippen LogP contribution in [0.15, 0.2) is 59.4 Å². The molecule has 3 rings (SSSR count). The molecule has 0 aliphatic carbocycles. The zero-order valence-corrected chi connectivity index (χ0v) is 10.3. The lowest BCUT2D eigenvalue weighted by atomic mass is 10.2. The maximum Gasteiger partial charge on any atom is 0.259 e. The van der Waals surface area contributed by atoms with Crippen LogP contribution in [-0.2, 0) is 0 Å². The van der Waals surface area contributed by atoms with Crippen molar-refractivity contribution in [1.82, 2.24) is 9.55 Å². The van der Waals surface area contributed by atoms with Gasteiger partial charge in [-0.3, -0.25) is 14.3 Å². The van der Waals surface area contributed by atoms with Crippen LogP contribution in [0.3, 0.4) is 0 Å². The van der Waals surface area contributed by atoms with Crippen LogP contribution in [0.5, 0.6) is 0 Å². The molecule has 0 unspecified atom stereocenters. The van der Waals surface area contributed by atoms with Crippen LogP contribution in [0.4, 0.5) is 0 Å². The van der Waals surface area contributed by atoms with E-state index in [-0.39, 0.29) is 5.56 Å². The van der Waals surface area contributed by atoms with E-state index in [4.69, 9.17) is 12.2 Å². The number of H-pyrrole nitrogens is 1. The van der Waals surface area contributed by atoms with E-state index in [9.17, 15) is 4.79 Å². The summed E-state index contributed by atoms with van der Waals surface area (Å²) in [6.45, 7) is 0. The normalized spacial score (nSPS) is 10.7. The average Bonchev–Trinajstić information content (AvgIpc) is 2.40. The number of aromatic amines is 1. The van der Waals surface area contributed by atoms with Crippen LogP contribution in [0.25, 0.3) is 16.6 Å². The first-order valence-electron chi connectivity index (χ1n) is 5.57. The highest BCUT2D eigenvalue weighted by Crippen LogP contribution is 2.15. The minimum atomic E-state index is -0.150. The Morgan fingerprint density at radius 2 is 1.61 bits per heavy atom. The number of hydrogen-bond donors (Lipinski definition) is 1. The van der Waals surface area contributed by atoms with Gasteiger partial charge in [0.05, 0.1) is 10.9 Å². The number of aromatic nitrogens is 2. The van der Waals surface area contributed by atoms with E-state index in [1.165, 1.54) is 0 Å². The Hall–Kier alpha value is -2.20. The molecule has 0 atom stereocenters. The fraction of sp³-hybridized carbons (Fsp3) is 0. The second-order valence-corrected chi connectivity index (χ2v) is 4.33. The number of fused-ring (bicyclic) bond motifs is 1. The maximum atomic E-state index is 11.8. The summed E-state index contributed by atoms with van der Waals surface area (Å²) in [6, 6.07) is 17.2. The monoisotopic (exact) mass is 254 g/mol. The van der Waals surface area contributed by atoms with Gasteiger partial charge in [0, 0.05) is 5.69 Å². The molecule has 3 aromatic rings. The molecule has 0 aliphatic heterocycles. The Morgan fingerprint density at radius 3 is 2.39 bits per heavy atom. The highest BCUT2D eigenvalue weighted by Gasteiger charge is 2.05. The molecule has 0 aliphatic rings. The second-order valence-electron chi connectivity index (χ2n) is 3.95. The third kappa shape index (κ3) is 1.67. The van der Waals surface area contributed by atoms with Crippen molar-refractivity contribution in [2.75, 3.05) is 0 Å². The molecule has 0 bridgehead atoms. The van der Waals surface area contributed by atoms with Crippen molar-refractivity contribution in [3.05, 3.63) is 69.7 Å². The summed E-state index contributed by atoms with van der Waals surface area (Å²) in [7, 11) is 0. The quantitative estimate of drug-likeness (QED) is 0.678. The van der Waals surface area contributed by atoms with Crippen molar-refractivity contribution >= 4 is 23.1 Å². The first-order valence-corrected chi connectivity index (χ1v) is 5.98. The average molecular weight is 254 g/mol. The van der Waals surface area contributed by atoms with E-state index < -0.39 is 0 Å². The first-order chi connectivity index (χ1) is 8.77. The Balaban J connectivity index is 2.50. The summed E-state index contributed by atoms with van der Waals surface area (Å²) in [5.74, 6) is 0. The zero-order valence-electron chi connectivity index (χ0n) is 9.46. The zero-order chi connectivity index (χ0) is 12.5. The van der Waals surface area contributed by atoms with Gasteiger partial charge < -0.3 is 0 Å². The van der Waals surface area contributed by atoms with Gasteiger partial charge in [-0.2, -0.15) is 0 Å². The lowest BCUT2D eigenvalue weighted by molar-refractivity contribution is 0.989. The highest BCUT2D eigenvalue weighted by atomic mass is 32.1. The molecular formula is C14H10N2OS. The third-order valence-electron chi connectivity index (χ3n) is 2.83. The van der Waals surface area contributed by atoms with Gasteiger partial charge in [-0.05, 0) is 36.5 Å². The standard InChI is InChI=1S/C14H10N2OS/c17-13-11-8-4-5-9-12(11)16(14(18)15-13)10-6-2-1-3-7-10/h1-9H,(H,15,17,18). The topological polar surface area (TPSA) is 37.8 Å². The van der Waals surface area contributed by atoms with E-state index in [0.717, 1.165) is 11.2 Å². The van der Waals surface area contributed by atoms with Crippen molar-refractivity contribution in [2.45, 2.75) is 0 Å². The number of nitrogens with one attached hydrogen (secondary N) is 1. The lowest BCUT2D eigenvalue weighted by Gasteiger charge is -2.10. The molecular weight excluding hydrogens is 244 g/mol. The Bertz CT molecular complexity index is 818. The molecule has 0 amide bonds. The van der Waals surface area contributed by atoms with E-state index in [1.807, 2.05) is 53.1 Å². The molecule has 1 aromatic heterocycles. The molecule has 3 nitrogen and oxygen atoms in total. The molecule has 88 valence electrons. The number of nitrogens with zero attached hydrogens (tertiary/aromatic N) is 1. The summed E-state index contributed by atoms with van der Waals surface area (Å²) in [5, 5.41) is 0.634. The van der Waals surface area contributed by atoms with Crippen LogP contribution in [-0.4, -0.2) is 9.55 Å². The number of rotatable bonds is 1. The van der Waals surface area contributed by atoms with E-state index in [2.05, 4.69) is 4.98 Å². The third-order valence-corrected chi connectivity index (χ3v) is 3.11. The van der Waals surface area contributed by atoms with Crippen LogP contribution < -0.4 is 5.56 Å². The van der Waals surface area contributed by atoms with Crippen molar-refractivity contribution in [3.63, 3.8) is 0 Å². The minimum Gasteiger partial charge on any atom is -0.298 e. The van der Waals surface area contributed by atoms with Gasteiger partial charge in [0.2, 0.25) is 0 Å². The molecule has 0 fully saturated rings. The van der Waals surface area contributed by atoms with Crippen molar-refractivity contribution in [1.29, 1.82) is 0 Å². The summed E-state index contributed by atoms with van der Waals surface area (Å²) < 4.78 is 2.27. The summed E-state index contributed by atoms with van der Waals surface area (Å²) in [5.41, 5.74) is 1.61. The van der Waals surface area contributed by atoms with Gasteiger partial charge in [-0.1, -0.05) is 30.3 Å². The van der Waals surface area contributed by atoms with Crippen LogP contribution in [0.1, 0.15) is 0 Å². The SMILES string of the molecule is O=c1[nH]c(=S)n(-c2ccccc2)c2ccccc12. The van der Waals surface area contributed by atoms with E-state index in [1.54, 1.807) is 6.07 Å². The van der Waals surface area contributed by atoms with Crippen LogP contribution >= 0.6 is 12.2 Å². The smallest absolute Gasteiger partial charge is 0.259 e. The van der Waals surface area contributed by atoms with Gasteiger partial charge in [-0.25, -0.2) is 0 Å². The number of para-hydroxylation sites is 2. The number of benzene rings is 2. The van der Waals surface area contributed by atoms with Crippen molar-refractivity contribution in [3.8, 4) is 5.69 Å². The van der Waals surface area contributed by atoms with Gasteiger partial charge >= 0.3 is 0 Å². The number of hydrogen-bond acceptors (Lipinski definition) is 2. The summed E-state index contributed by atoms with van der Waals surface area (Å²) in [4.78, 5) is 14.5. The molecule has 18 heavy (non-hydrogen) atoms. The molecule has 1 N–H and O–H groups in total. The molecule has 0 saturated heterocycles. The van der Waals surface area contributed by atoms with Gasteiger partial charge in [-0.15, -0.1) is 0 Å². The van der Waals surface area contributed by atoms with Gasteiger partial charge in [0.15, 0.2) is 4.77 Å². The predicted molar refractivity (Wildman–Crippen MR) is 74.7 cm³/mol. The Morgan fingerprint density at radius 1 is 0.944 bits per heavy atom. The van der Waals surface area contributed by atoms with Gasteiger partial charge in [0.25, 0.3) is 5.56 Å². The van der Waals surface area contributed by atoms with Crippen molar-refractivity contribution in [2.24, 2.45) is 0 Å². The molecule has 0 spiro atoms. The predicted octanol–water partition coefficient (Wildman–Crippen LogP) is 3.05. The minimum absolute atomic E-state index is 0.150. The summed E-state index contributed by atoms with van der Waals surface area (Å²) in [6.07, 6.45) is 0. The molecule has 2 aromatic carbocycles. The highest BCUT2D eigenvalue weighted by molar-refractivity contribution is 7.71. The fourth-order valence-corrected chi connectivity index (χ4v) is 2.32. The van der Waals surface area contributed by atoms with Crippen molar-refractivity contribution < 1.29 is 0 Å². The lowest BCUT2D eigenvalue weighted by Crippen LogP contribution is -2.13. The van der Waals surface area contributed by atoms with Gasteiger partial charge in [0.1, 0.15) is 0 Å². The summed E-state index contributed by atoms with van der Waals surface area (Å²) >= 11 is 5.26. The Kier molecular flexibility index (Phi) is 2.57. The van der Waals surface area contributed by atoms with Crippen LogP contribution in [0, 0.1) is 4.77 Å². The Labute approximate surface area is 108 Å². The molecule has 4 heteroatoms. The van der Waals surface area contributed by atoms with Crippen LogP contribution in [0.2, 0.25) is 0 Å². The van der Waals surface area contributed by atoms with E-state index in [0.29, 0.717) is 10.2 Å².